The topological polar surface area (TPSA) is 76.4 Å². The molecule has 2 N–H and O–H groups in total. The van der Waals surface area contributed by atoms with E-state index in [4.69, 9.17) is 4.74 Å². The Labute approximate surface area is 184 Å². The Morgan fingerprint density at radius 1 is 1.37 bits per heavy atom. The largest absolute Gasteiger partial charge is 0.383 e. The van der Waals surface area contributed by atoms with E-state index in [0.29, 0.717) is 12.6 Å². The second kappa shape index (κ2) is 13.6. The van der Waals surface area contributed by atoms with Crippen LogP contribution in [0, 0.1) is 0 Å². The molecule has 1 fully saturated rings. The summed E-state index contributed by atoms with van der Waals surface area (Å²) in [7, 11) is 1.71. The molecule has 0 radical (unpaired) electrons. The molecule has 7 nitrogen and oxygen atoms in total. The van der Waals surface area contributed by atoms with E-state index in [2.05, 4.69) is 50.5 Å². The fraction of sp³-hybridized carbons (Fsp3) is 0.833. The molecule has 1 aliphatic carbocycles. The molecule has 1 unspecified atom stereocenters. The Balaban J connectivity index is 0.00000364. The summed E-state index contributed by atoms with van der Waals surface area (Å²) in [5.41, 5.74) is 0. The number of hydrogen-bond donors (Lipinski definition) is 2. The lowest BCUT2D eigenvalue weighted by Gasteiger charge is -2.17. The summed E-state index contributed by atoms with van der Waals surface area (Å²) in [6, 6.07) is 0.812. The van der Waals surface area contributed by atoms with Crippen molar-refractivity contribution in [3.8, 4) is 0 Å². The van der Waals surface area contributed by atoms with Crippen molar-refractivity contribution in [3.05, 3.63) is 5.82 Å². The maximum atomic E-state index is 5.18. The molecule has 1 aliphatic rings. The van der Waals surface area contributed by atoms with Crippen LogP contribution in [-0.4, -0.2) is 59.8 Å². The van der Waals surface area contributed by atoms with E-state index >= 15 is 0 Å². The van der Waals surface area contributed by atoms with Crippen molar-refractivity contribution >= 4 is 41.7 Å². The van der Waals surface area contributed by atoms with Gasteiger partial charge in [-0.3, -0.25) is 4.99 Å². The van der Waals surface area contributed by atoms with Crippen LogP contribution < -0.4 is 10.6 Å². The summed E-state index contributed by atoms with van der Waals surface area (Å²) >= 11 is 1.70. The van der Waals surface area contributed by atoms with Crippen molar-refractivity contribution in [2.45, 2.75) is 69.6 Å². The van der Waals surface area contributed by atoms with Gasteiger partial charge in [-0.05, 0) is 39.4 Å². The smallest absolute Gasteiger partial charge is 0.191 e. The van der Waals surface area contributed by atoms with Crippen molar-refractivity contribution in [1.29, 1.82) is 0 Å². The number of ether oxygens (including phenoxy) is 1. The lowest BCUT2D eigenvalue weighted by Crippen LogP contribution is -2.44. The van der Waals surface area contributed by atoms with Crippen LogP contribution in [0.15, 0.2) is 10.1 Å². The van der Waals surface area contributed by atoms with Gasteiger partial charge in [0.05, 0.1) is 6.61 Å². The molecule has 27 heavy (non-hydrogen) atoms. The third-order valence-electron chi connectivity index (χ3n) is 4.58. The molecule has 0 bridgehead atoms. The van der Waals surface area contributed by atoms with Gasteiger partial charge in [0.25, 0.3) is 0 Å². The molecule has 1 aromatic heterocycles. The first kappa shape index (κ1) is 24.5. The highest BCUT2D eigenvalue weighted by atomic mass is 127. The van der Waals surface area contributed by atoms with Crippen LogP contribution in [0.1, 0.15) is 57.8 Å². The zero-order valence-electron chi connectivity index (χ0n) is 17.0. The number of rotatable bonds is 10. The lowest BCUT2D eigenvalue weighted by atomic mass is 10.2. The maximum absolute atomic E-state index is 5.18. The minimum Gasteiger partial charge on any atom is -0.383 e. The van der Waals surface area contributed by atoms with Crippen LogP contribution >= 0.6 is 35.7 Å². The molecular formula is C18H35IN6OS. The quantitative estimate of drug-likeness (QED) is 0.166. The summed E-state index contributed by atoms with van der Waals surface area (Å²) < 4.78 is 7.56. The highest BCUT2D eigenvalue weighted by Crippen LogP contribution is 2.33. The van der Waals surface area contributed by atoms with Gasteiger partial charge in [-0.1, -0.05) is 24.6 Å². The van der Waals surface area contributed by atoms with Gasteiger partial charge in [-0.2, -0.15) is 0 Å². The number of guanidine groups is 1. The standard InChI is InChI=1S/C18H34N6OS.HI/c1-5-19-17(21-14(2)13-25-3)20-12-8-11-16-22-23-18(26-4)24(16)15-9-6-7-10-15;/h14-15H,5-13H2,1-4H3,(H2,19,20,21);1H. The van der Waals surface area contributed by atoms with Gasteiger partial charge >= 0.3 is 0 Å². The minimum absolute atomic E-state index is 0. The van der Waals surface area contributed by atoms with Gasteiger partial charge in [0.1, 0.15) is 5.82 Å². The monoisotopic (exact) mass is 510 g/mol. The predicted octanol–water partition coefficient (Wildman–Crippen LogP) is 3.26. The van der Waals surface area contributed by atoms with Gasteiger partial charge < -0.3 is 19.9 Å². The zero-order chi connectivity index (χ0) is 18.8. The Bertz CT molecular complexity index is 562. The Morgan fingerprint density at radius 3 is 2.74 bits per heavy atom. The van der Waals surface area contributed by atoms with Crippen LogP contribution in [0.5, 0.6) is 0 Å². The van der Waals surface area contributed by atoms with E-state index < -0.39 is 0 Å². The second-order valence-electron chi connectivity index (χ2n) is 6.78. The number of methoxy groups -OCH3 is 1. The van der Waals surface area contributed by atoms with Crippen molar-refractivity contribution in [1.82, 2.24) is 25.4 Å². The number of aryl methyl sites for hydroxylation is 1. The molecular weight excluding hydrogens is 475 g/mol. The van der Waals surface area contributed by atoms with Crippen molar-refractivity contribution in [2.24, 2.45) is 4.99 Å². The van der Waals surface area contributed by atoms with Crippen molar-refractivity contribution in [3.63, 3.8) is 0 Å². The number of halogens is 1. The molecule has 9 heteroatoms. The van der Waals surface area contributed by atoms with Crippen LogP contribution in [0.25, 0.3) is 0 Å². The molecule has 1 atom stereocenters. The molecule has 0 spiro atoms. The number of aromatic nitrogens is 3. The van der Waals surface area contributed by atoms with E-state index in [9.17, 15) is 0 Å². The van der Waals surface area contributed by atoms with E-state index in [1.54, 1.807) is 18.9 Å². The number of thioether (sulfide) groups is 1. The van der Waals surface area contributed by atoms with Gasteiger partial charge in [-0.15, -0.1) is 34.2 Å². The fourth-order valence-corrected chi connectivity index (χ4v) is 3.99. The third kappa shape index (κ3) is 7.77. The number of hydrogen-bond acceptors (Lipinski definition) is 5. The zero-order valence-corrected chi connectivity index (χ0v) is 20.2. The molecule has 1 saturated carbocycles. The van der Waals surface area contributed by atoms with Crippen LogP contribution in [0.3, 0.4) is 0 Å². The first-order valence-corrected chi connectivity index (χ1v) is 10.9. The lowest BCUT2D eigenvalue weighted by molar-refractivity contribution is 0.179. The maximum Gasteiger partial charge on any atom is 0.191 e. The van der Waals surface area contributed by atoms with E-state index in [-0.39, 0.29) is 30.0 Å². The van der Waals surface area contributed by atoms with E-state index in [0.717, 1.165) is 42.9 Å². The molecule has 156 valence electrons. The molecule has 0 aromatic carbocycles. The van der Waals surface area contributed by atoms with Gasteiger partial charge in [0.15, 0.2) is 11.1 Å². The average molecular weight is 510 g/mol. The van der Waals surface area contributed by atoms with Crippen LogP contribution in [0.4, 0.5) is 0 Å². The molecule has 1 aromatic rings. The minimum atomic E-state index is 0. The Morgan fingerprint density at radius 2 is 2.11 bits per heavy atom. The predicted molar refractivity (Wildman–Crippen MR) is 123 cm³/mol. The summed E-state index contributed by atoms with van der Waals surface area (Å²) in [6.45, 7) is 6.43. The van der Waals surface area contributed by atoms with E-state index in [1.807, 2.05) is 0 Å². The number of aliphatic imine (C=N–C) groups is 1. The summed E-state index contributed by atoms with van der Waals surface area (Å²) in [4.78, 5) is 4.68. The van der Waals surface area contributed by atoms with Crippen LogP contribution in [0.2, 0.25) is 0 Å². The SMILES string of the molecule is CCNC(=NCCCc1nnc(SC)n1C1CCCC1)NC(C)COC.I. The first-order chi connectivity index (χ1) is 12.7. The molecule has 1 heterocycles. The van der Waals surface area contributed by atoms with Gasteiger partial charge in [0, 0.05) is 38.7 Å². The Kier molecular flexibility index (Phi) is 12.3. The number of nitrogens with zero attached hydrogens (tertiary/aromatic N) is 4. The molecule has 0 aliphatic heterocycles. The third-order valence-corrected chi connectivity index (χ3v) is 5.22. The highest BCUT2D eigenvalue weighted by molar-refractivity contribution is 14.0. The van der Waals surface area contributed by atoms with Crippen LogP contribution in [-0.2, 0) is 11.2 Å². The normalized spacial score (nSPS) is 16.2. The van der Waals surface area contributed by atoms with Gasteiger partial charge in [-0.25, -0.2) is 0 Å². The fourth-order valence-electron chi connectivity index (χ4n) is 3.42. The average Bonchev–Trinajstić information content (AvgIpc) is 3.27. The summed E-state index contributed by atoms with van der Waals surface area (Å²) in [5.74, 6) is 1.96. The number of nitrogens with one attached hydrogen (secondary N) is 2. The second-order valence-corrected chi connectivity index (χ2v) is 7.55. The molecule has 0 saturated heterocycles. The van der Waals surface area contributed by atoms with Gasteiger partial charge in [0.2, 0.25) is 0 Å². The van der Waals surface area contributed by atoms with Crippen molar-refractivity contribution < 1.29 is 4.74 Å². The highest BCUT2D eigenvalue weighted by Gasteiger charge is 2.23. The van der Waals surface area contributed by atoms with Crippen molar-refractivity contribution in [2.75, 3.05) is 33.1 Å². The Hall–Kier alpha value is -0.550. The first-order valence-electron chi connectivity index (χ1n) is 9.71. The summed E-state index contributed by atoms with van der Waals surface area (Å²) in [5, 5.41) is 16.5. The molecule has 0 amide bonds. The molecule has 2 rings (SSSR count). The summed E-state index contributed by atoms with van der Waals surface area (Å²) in [6.07, 6.45) is 9.11. The van der Waals surface area contributed by atoms with E-state index in [1.165, 1.54) is 25.7 Å².